The van der Waals surface area contributed by atoms with Crippen LogP contribution in [0.3, 0.4) is 0 Å². The van der Waals surface area contributed by atoms with Gasteiger partial charge in [0.1, 0.15) is 34.3 Å². The van der Waals surface area contributed by atoms with Gasteiger partial charge < -0.3 is 17.8 Å². The second-order valence-corrected chi connectivity index (χ2v) is 17.8. The van der Waals surface area contributed by atoms with Crippen molar-refractivity contribution in [1.29, 1.82) is 10.5 Å². The molecule has 0 saturated heterocycles. The van der Waals surface area contributed by atoms with E-state index in [-0.39, 0.29) is 22.9 Å². The summed E-state index contributed by atoms with van der Waals surface area (Å²) in [7, 11) is 0. The van der Waals surface area contributed by atoms with Crippen LogP contribution >= 0.6 is 23.2 Å². The molecule has 70 heavy (non-hydrogen) atoms. The highest BCUT2D eigenvalue weighted by Gasteiger charge is 2.37. The van der Waals surface area contributed by atoms with Crippen LogP contribution in [-0.4, -0.2) is 32.6 Å². The lowest BCUT2D eigenvalue weighted by atomic mass is 9.50. The average molecular weight is 944 g/mol. The van der Waals surface area contributed by atoms with Crippen LogP contribution in [0.1, 0.15) is 30.0 Å². The van der Waals surface area contributed by atoms with E-state index in [9.17, 15) is 10.5 Å². The lowest BCUT2D eigenvalue weighted by Gasteiger charge is -2.24. The summed E-state index contributed by atoms with van der Waals surface area (Å²) < 4.78 is 17.7. The maximum absolute atomic E-state index is 11.9. The zero-order valence-corrected chi connectivity index (χ0v) is 39.4. The zero-order valence-electron chi connectivity index (χ0n) is 37.9. The number of rotatable bonds is 10. The SMILES string of the molecule is C/C=C/c1c2/c(=C(\C#N)c3nc4ccc(Cl)cc4o3)n(B(c3ccccc3)c3ccccc3)c(-c3ccccc3C)c2/c(=C(\C#N)c2nc3ccc(Cl)cc3o2)n1B(c1ccccc1)c1ccccc1. The first-order valence-electron chi connectivity index (χ1n) is 22.7. The predicted molar refractivity (Wildman–Crippen MR) is 285 cm³/mol. The van der Waals surface area contributed by atoms with Gasteiger partial charge in [-0.25, -0.2) is 9.97 Å². The average Bonchev–Trinajstić information content (AvgIpc) is 4.16. The highest BCUT2D eigenvalue weighted by Crippen LogP contribution is 2.35. The molecule has 8 nitrogen and oxygen atoms in total. The van der Waals surface area contributed by atoms with Crippen LogP contribution in [0.2, 0.25) is 10.0 Å². The van der Waals surface area contributed by atoms with E-state index >= 15 is 0 Å². The highest BCUT2D eigenvalue weighted by atomic mass is 35.5. The van der Waals surface area contributed by atoms with Crippen molar-refractivity contribution in [2.75, 3.05) is 0 Å². The molecule has 332 valence electrons. The van der Waals surface area contributed by atoms with Gasteiger partial charge in [0.25, 0.3) is 0 Å². The molecular formula is C58H38B2Cl2N6O2. The van der Waals surface area contributed by atoms with E-state index in [1.807, 2.05) is 97.9 Å². The Kier molecular flexibility index (Phi) is 11.6. The normalized spacial score (nSPS) is 12.4. The second-order valence-electron chi connectivity index (χ2n) is 16.9. The molecule has 0 spiro atoms. The topological polar surface area (TPSA) is 110 Å². The quantitative estimate of drug-likeness (QED) is 0.126. The fourth-order valence-electron chi connectivity index (χ4n) is 9.81. The molecule has 0 unspecified atom stereocenters. The maximum Gasteiger partial charge on any atom is 0.328 e. The molecule has 7 aromatic carbocycles. The number of benzene rings is 7. The number of nitrogens with zero attached hydrogens (tertiary/aromatic N) is 6. The molecule has 0 saturated carbocycles. The third-order valence-corrected chi connectivity index (χ3v) is 13.2. The van der Waals surface area contributed by atoms with Crippen molar-refractivity contribution in [1.82, 2.24) is 18.9 Å². The van der Waals surface area contributed by atoms with Crippen molar-refractivity contribution in [2.45, 2.75) is 13.8 Å². The minimum absolute atomic E-state index is 0.111. The monoisotopic (exact) mass is 942 g/mol. The fourth-order valence-corrected chi connectivity index (χ4v) is 10.1. The first-order valence-corrected chi connectivity index (χ1v) is 23.5. The number of oxazole rings is 2. The molecule has 0 atom stereocenters. The smallest absolute Gasteiger partial charge is 0.328 e. The number of nitriles is 2. The second kappa shape index (κ2) is 18.5. The summed E-state index contributed by atoms with van der Waals surface area (Å²) in [5.41, 5.74) is 9.43. The molecular weight excluding hydrogens is 905 g/mol. The van der Waals surface area contributed by atoms with E-state index in [0.717, 1.165) is 38.7 Å². The Morgan fingerprint density at radius 1 is 0.543 bits per heavy atom. The van der Waals surface area contributed by atoms with Crippen LogP contribution in [0.15, 0.2) is 197 Å². The van der Waals surface area contributed by atoms with Crippen molar-refractivity contribution in [3.05, 3.63) is 232 Å². The molecule has 11 aromatic rings. The van der Waals surface area contributed by atoms with Gasteiger partial charge in [-0.15, -0.1) is 0 Å². The zero-order chi connectivity index (χ0) is 47.9. The molecule has 0 radical (unpaired) electrons. The van der Waals surface area contributed by atoms with E-state index in [4.69, 9.17) is 42.0 Å². The minimum atomic E-state index is -0.544. The van der Waals surface area contributed by atoms with Gasteiger partial charge >= 0.3 is 13.7 Å². The molecule has 0 aliphatic heterocycles. The van der Waals surface area contributed by atoms with Gasteiger partial charge in [-0.05, 0) is 49.8 Å². The Morgan fingerprint density at radius 2 is 0.957 bits per heavy atom. The maximum atomic E-state index is 11.9. The summed E-state index contributed by atoms with van der Waals surface area (Å²) in [6.45, 7) is 2.98. The number of allylic oxidation sites excluding steroid dienone is 1. The molecule has 12 heteroatoms. The van der Waals surface area contributed by atoms with E-state index in [0.29, 0.717) is 59.4 Å². The molecule has 0 aliphatic carbocycles. The predicted octanol–water partition coefficient (Wildman–Crippen LogP) is 9.79. The lowest BCUT2D eigenvalue weighted by Crippen LogP contribution is -2.54. The van der Waals surface area contributed by atoms with Crippen LogP contribution in [0, 0.1) is 29.6 Å². The molecule has 0 bridgehead atoms. The Balaban J connectivity index is 1.50. The summed E-state index contributed by atoms with van der Waals surface area (Å²) in [4.78, 5) is 10.0. The van der Waals surface area contributed by atoms with Crippen LogP contribution in [0.5, 0.6) is 0 Å². The van der Waals surface area contributed by atoms with Crippen molar-refractivity contribution in [2.24, 2.45) is 0 Å². The van der Waals surface area contributed by atoms with Crippen molar-refractivity contribution in [3.63, 3.8) is 0 Å². The first-order chi connectivity index (χ1) is 34.4. The minimum Gasteiger partial charge on any atom is -0.435 e. The summed E-state index contributed by atoms with van der Waals surface area (Å²) in [6.07, 6.45) is 4.05. The van der Waals surface area contributed by atoms with Crippen molar-refractivity contribution >= 4 is 109 Å². The summed E-state index contributed by atoms with van der Waals surface area (Å²) in [5.74, 6) is 0.223. The van der Waals surface area contributed by atoms with E-state index in [1.165, 1.54) is 0 Å². The highest BCUT2D eigenvalue weighted by molar-refractivity contribution is 6.85. The van der Waals surface area contributed by atoms with Gasteiger partial charge in [0.15, 0.2) is 11.2 Å². The standard InChI is InChI=1S/C58H38B2Cl2N6O2/c1-3-18-49-52-53(56(46(36-64)58-66-48-32-30-43(62)34-51(48)70-58)67(49)59(38-20-8-4-9-21-38)39-22-10-5-11-23-39)54(44-28-17-16-19-37(44)2)68(60(40-24-12-6-13-25-40)41-26-14-7-15-27-41)55(52)45(35-63)57-65-47-31-29-42(61)33-50(47)69-57/h3-34H,1-2H3/b18-3+,55-45-,56-46-. The van der Waals surface area contributed by atoms with E-state index in [1.54, 1.807) is 36.4 Å². The van der Waals surface area contributed by atoms with Gasteiger partial charge in [-0.2, -0.15) is 10.5 Å². The third-order valence-electron chi connectivity index (χ3n) is 12.7. The molecule has 0 aliphatic rings. The van der Waals surface area contributed by atoms with E-state index in [2.05, 4.69) is 94.8 Å². The van der Waals surface area contributed by atoms with Gasteiger partial charge in [-0.3, -0.25) is 0 Å². The summed E-state index contributed by atoms with van der Waals surface area (Å²) in [5, 5.41) is 27.2. The van der Waals surface area contributed by atoms with Crippen molar-refractivity contribution < 1.29 is 8.83 Å². The van der Waals surface area contributed by atoms with Gasteiger partial charge in [0, 0.05) is 49.9 Å². The van der Waals surface area contributed by atoms with E-state index < -0.39 is 13.7 Å². The van der Waals surface area contributed by atoms with Crippen LogP contribution in [-0.2, 0) is 0 Å². The number of hydrogen-bond donors (Lipinski definition) is 0. The Labute approximate surface area is 414 Å². The van der Waals surface area contributed by atoms with Gasteiger partial charge in [-0.1, -0.05) is 197 Å². The number of aromatic nitrogens is 4. The molecule has 0 amide bonds. The fraction of sp³-hybridized carbons (Fsp3) is 0.0345. The summed E-state index contributed by atoms with van der Waals surface area (Å²) in [6, 6.07) is 64.9. The molecule has 4 heterocycles. The Morgan fingerprint density at radius 3 is 1.39 bits per heavy atom. The molecule has 0 fully saturated rings. The van der Waals surface area contributed by atoms with Crippen LogP contribution < -0.4 is 32.5 Å². The third kappa shape index (κ3) is 7.61. The molecule has 0 N–H and O–H groups in total. The Hall–Kier alpha value is -8.53. The van der Waals surface area contributed by atoms with Gasteiger partial charge in [0.2, 0.25) is 11.8 Å². The summed E-state index contributed by atoms with van der Waals surface area (Å²) >= 11 is 13.1. The van der Waals surface area contributed by atoms with Crippen LogP contribution in [0.4, 0.5) is 0 Å². The number of fused-ring (bicyclic) bond motifs is 3. The van der Waals surface area contributed by atoms with Crippen LogP contribution in [0.25, 0.3) is 61.5 Å². The number of aryl methyl sites for hydroxylation is 1. The van der Waals surface area contributed by atoms with Crippen molar-refractivity contribution in [3.8, 4) is 23.4 Å². The molecule has 11 rings (SSSR count). The first kappa shape index (κ1) is 44.0. The largest absolute Gasteiger partial charge is 0.435 e. The number of halogens is 2. The lowest BCUT2D eigenvalue weighted by molar-refractivity contribution is 0.585. The molecule has 4 aromatic heterocycles. The Bertz CT molecular complexity index is 3860. The van der Waals surface area contributed by atoms with Gasteiger partial charge in [0.05, 0.1) is 10.7 Å². The number of hydrogen-bond acceptors (Lipinski definition) is 6.